The van der Waals surface area contributed by atoms with E-state index < -0.39 is 0 Å². The van der Waals surface area contributed by atoms with E-state index in [0.29, 0.717) is 11.1 Å². The van der Waals surface area contributed by atoms with Gasteiger partial charge in [-0.05, 0) is 47.5 Å². The Morgan fingerprint density at radius 2 is 1.00 bits per heavy atom. The van der Waals surface area contributed by atoms with Gasteiger partial charge in [-0.15, -0.1) is 0 Å². The number of hydrogen-bond donors (Lipinski definition) is 0. The minimum Gasteiger partial charge on any atom is -0.344 e. The molecule has 0 aliphatic heterocycles. The topological polar surface area (TPSA) is 52.5 Å². The molecule has 0 bridgehead atoms. The van der Waals surface area contributed by atoms with Crippen molar-refractivity contribution in [2.75, 3.05) is 0 Å². The van der Waals surface area contributed by atoms with Crippen LogP contribution in [-0.2, 0) is 7.05 Å². The van der Waals surface area contributed by atoms with Gasteiger partial charge in [0, 0.05) is 18.4 Å². The highest BCUT2D eigenvalue weighted by molar-refractivity contribution is 5.70. The van der Waals surface area contributed by atoms with E-state index in [1.54, 1.807) is 0 Å². The molecule has 0 spiro atoms. The average molecular weight is 283 g/mol. The Morgan fingerprint density at radius 3 is 1.32 bits per heavy atom. The zero-order valence-corrected chi connectivity index (χ0v) is 12.1. The molecule has 0 fully saturated rings. The normalized spacial score (nSPS) is 9.95. The summed E-state index contributed by atoms with van der Waals surface area (Å²) in [5.74, 6) is 0. The first-order valence-electron chi connectivity index (χ1n) is 6.90. The third-order valence-corrected chi connectivity index (χ3v) is 3.74. The first-order chi connectivity index (χ1) is 10.7. The van der Waals surface area contributed by atoms with E-state index >= 15 is 0 Å². The number of nitrogens with zero attached hydrogens (tertiary/aromatic N) is 3. The van der Waals surface area contributed by atoms with Crippen molar-refractivity contribution < 1.29 is 0 Å². The van der Waals surface area contributed by atoms with Crippen LogP contribution in [0.4, 0.5) is 0 Å². The standard InChI is InChI=1S/C19H13N3/c1-22-18(16-6-2-14(12-20)3-7-16)10-11-19(22)17-8-4-15(13-21)5-9-17/h2-11H,1H3. The lowest BCUT2D eigenvalue weighted by Gasteiger charge is -2.08. The van der Waals surface area contributed by atoms with E-state index in [-0.39, 0.29) is 0 Å². The number of rotatable bonds is 2. The summed E-state index contributed by atoms with van der Waals surface area (Å²) < 4.78 is 2.11. The molecule has 0 saturated heterocycles. The van der Waals surface area contributed by atoms with Crippen molar-refractivity contribution in [2.45, 2.75) is 0 Å². The minimum atomic E-state index is 0.658. The van der Waals surface area contributed by atoms with Gasteiger partial charge in [0.1, 0.15) is 0 Å². The fourth-order valence-electron chi connectivity index (χ4n) is 2.52. The Balaban J connectivity index is 2.00. The molecule has 0 aliphatic carbocycles. The minimum absolute atomic E-state index is 0.658. The van der Waals surface area contributed by atoms with E-state index in [9.17, 15) is 0 Å². The third-order valence-electron chi connectivity index (χ3n) is 3.74. The molecule has 3 heteroatoms. The number of nitriles is 2. The molecule has 22 heavy (non-hydrogen) atoms. The van der Waals surface area contributed by atoms with Crippen LogP contribution < -0.4 is 0 Å². The quantitative estimate of drug-likeness (QED) is 0.711. The van der Waals surface area contributed by atoms with E-state index in [2.05, 4.69) is 28.8 Å². The zero-order chi connectivity index (χ0) is 15.5. The van der Waals surface area contributed by atoms with Crippen LogP contribution in [0, 0.1) is 22.7 Å². The average Bonchev–Trinajstić information content (AvgIpc) is 2.96. The summed E-state index contributed by atoms with van der Waals surface area (Å²) in [6, 6.07) is 23.5. The van der Waals surface area contributed by atoms with Crippen molar-refractivity contribution in [3.63, 3.8) is 0 Å². The molecular weight excluding hydrogens is 270 g/mol. The number of hydrogen-bond acceptors (Lipinski definition) is 2. The van der Waals surface area contributed by atoms with Gasteiger partial charge in [0.2, 0.25) is 0 Å². The molecule has 0 radical (unpaired) electrons. The maximum atomic E-state index is 8.87. The zero-order valence-electron chi connectivity index (χ0n) is 12.1. The first kappa shape index (κ1) is 13.7. The van der Waals surface area contributed by atoms with E-state index in [0.717, 1.165) is 22.5 Å². The van der Waals surface area contributed by atoms with Gasteiger partial charge in [-0.1, -0.05) is 24.3 Å². The second kappa shape index (κ2) is 5.60. The van der Waals surface area contributed by atoms with Gasteiger partial charge >= 0.3 is 0 Å². The van der Waals surface area contributed by atoms with Crippen molar-refractivity contribution in [3.05, 3.63) is 71.8 Å². The second-order valence-corrected chi connectivity index (χ2v) is 5.04. The molecule has 3 rings (SSSR count). The van der Waals surface area contributed by atoms with Crippen molar-refractivity contribution in [1.82, 2.24) is 4.57 Å². The maximum absolute atomic E-state index is 8.87. The Hall–Kier alpha value is -3.30. The van der Waals surface area contributed by atoms with Gasteiger partial charge in [0.05, 0.1) is 23.3 Å². The summed E-state index contributed by atoms with van der Waals surface area (Å²) in [6.45, 7) is 0. The van der Waals surface area contributed by atoms with Gasteiger partial charge in [-0.3, -0.25) is 0 Å². The van der Waals surface area contributed by atoms with Crippen molar-refractivity contribution in [2.24, 2.45) is 7.05 Å². The Morgan fingerprint density at radius 1 is 0.636 bits per heavy atom. The number of aromatic nitrogens is 1. The molecule has 0 atom stereocenters. The van der Waals surface area contributed by atoms with Crippen LogP contribution in [0.15, 0.2) is 60.7 Å². The highest BCUT2D eigenvalue weighted by Gasteiger charge is 2.08. The number of benzene rings is 2. The molecule has 0 amide bonds. The van der Waals surface area contributed by atoms with Gasteiger partial charge in [0.25, 0.3) is 0 Å². The van der Waals surface area contributed by atoms with Gasteiger partial charge in [0.15, 0.2) is 0 Å². The highest BCUT2D eigenvalue weighted by Crippen LogP contribution is 2.28. The molecule has 3 aromatic rings. The molecule has 1 heterocycles. The van der Waals surface area contributed by atoms with Gasteiger partial charge in [-0.2, -0.15) is 10.5 Å². The molecule has 0 unspecified atom stereocenters. The van der Waals surface area contributed by atoms with Crippen LogP contribution in [0.5, 0.6) is 0 Å². The maximum Gasteiger partial charge on any atom is 0.0991 e. The van der Waals surface area contributed by atoms with E-state index in [1.807, 2.05) is 55.6 Å². The van der Waals surface area contributed by atoms with Crippen LogP contribution >= 0.6 is 0 Å². The van der Waals surface area contributed by atoms with Crippen molar-refractivity contribution in [3.8, 4) is 34.7 Å². The van der Waals surface area contributed by atoms with Crippen LogP contribution in [-0.4, -0.2) is 4.57 Å². The van der Waals surface area contributed by atoms with Crippen molar-refractivity contribution in [1.29, 1.82) is 10.5 Å². The molecule has 104 valence electrons. The predicted molar refractivity (Wildman–Crippen MR) is 85.7 cm³/mol. The molecule has 2 aromatic carbocycles. The van der Waals surface area contributed by atoms with Crippen LogP contribution in [0.3, 0.4) is 0 Å². The van der Waals surface area contributed by atoms with Gasteiger partial charge in [-0.25, -0.2) is 0 Å². The summed E-state index contributed by atoms with van der Waals surface area (Å²) in [5, 5.41) is 17.7. The lowest BCUT2D eigenvalue weighted by atomic mass is 10.1. The van der Waals surface area contributed by atoms with Crippen LogP contribution in [0.1, 0.15) is 11.1 Å². The smallest absolute Gasteiger partial charge is 0.0991 e. The molecule has 1 aromatic heterocycles. The van der Waals surface area contributed by atoms with Gasteiger partial charge < -0.3 is 4.57 Å². The lowest BCUT2D eigenvalue weighted by Crippen LogP contribution is -1.94. The summed E-state index contributed by atoms with van der Waals surface area (Å²) >= 11 is 0. The fourth-order valence-corrected chi connectivity index (χ4v) is 2.52. The lowest BCUT2D eigenvalue weighted by molar-refractivity contribution is 0.946. The summed E-state index contributed by atoms with van der Waals surface area (Å²) in [6.07, 6.45) is 0. The molecule has 0 aliphatic rings. The van der Waals surface area contributed by atoms with E-state index in [1.165, 1.54) is 0 Å². The first-order valence-corrected chi connectivity index (χ1v) is 6.90. The molecule has 3 nitrogen and oxygen atoms in total. The molecule has 0 saturated carbocycles. The Bertz CT molecular complexity index is 811. The van der Waals surface area contributed by atoms with Crippen molar-refractivity contribution >= 4 is 0 Å². The summed E-state index contributed by atoms with van der Waals surface area (Å²) in [4.78, 5) is 0. The largest absolute Gasteiger partial charge is 0.344 e. The van der Waals surface area contributed by atoms with E-state index in [4.69, 9.17) is 10.5 Å². The third kappa shape index (κ3) is 2.37. The Kier molecular flexibility index (Phi) is 3.48. The predicted octanol–water partition coefficient (Wildman–Crippen LogP) is 4.10. The van der Waals surface area contributed by atoms with Crippen LogP contribution in [0.25, 0.3) is 22.5 Å². The second-order valence-electron chi connectivity index (χ2n) is 5.04. The highest BCUT2D eigenvalue weighted by atomic mass is 15.0. The molecular formula is C19H13N3. The molecule has 0 N–H and O–H groups in total. The van der Waals surface area contributed by atoms with Crippen LogP contribution in [0.2, 0.25) is 0 Å². The Labute approximate surface area is 129 Å². The summed E-state index contributed by atoms with van der Waals surface area (Å²) in [5.41, 5.74) is 5.63. The SMILES string of the molecule is Cn1c(-c2ccc(C#N)cc2)ccc1-c1ccc(C#N)cc1. The summed E-state index contributed by atoms with van der Waals surface area (Å²) in [7, 11) is 2.01. The fraction of sp³-hybridized carbons (Fsp3) is 0.0526. The monoisotopic (exact) mass is 283 g/mol.